The van der Waals surface area contributed by atoms with E-state index >= 15 is 0 Å². The molecule has 1 aromatic carbocycles. The van der Waals surface area contributed by atoms with Crippen LogP contribution in [0.1, 0.15) is 19.4 Å². The van der Waals surface area contributed by atoms with Crippen molar-refractivity contribution < 1.29 is 18.8 Å². The maximum absolute atomic E-state index is 12.1. The van der Waals surface area contributed by atoms with Gasteiger partial charge in [0.15, 0.2) is 0 Å². The molecule has 2 heterocycles. The van der Waals surface area contributed by atoms with Crippen LogP contribution in [0.3, 0.4) is 0 Å². The summed E-state index contributed by atoms with van der Waals surface area (Å²) in [6, 6.07) is 8.42. The Kier molecular flexibility index (Phi) is 8.14. The molecule has 0 spiro atoms. The lowest BCUT2D eigenvalue weighted by Gasteiger charge is -2.16. The highest BCUT2D eigenvalue weighted by atomic mass is 32.2. The molecule has 1 atom stereocenters. The molecule has 170 valence electrons. The molecule has 0 aliphatic heterocycles. The van der Waals surface area contributed by atoms with Crippen LogP contribution in [-0.2, 0) is 19.5 Å². The van der Waals surface area contributed by atoms with Crippen molar-refractivity contribution in [1.82, 2.24) is 9.97 Å². The van der Waals surface area contributed by atoms with E-state index in [-0.39, 0.29) is 19.3 Å². The number of rotatable bonds is 8. The number of anilines is 3. The third-order valence-corrected chi connectivity index (χ3v) is 6.33. The Morgan fingerprint density at radius 3 is 2.69 bits per heavy atom. The molecule has 0 unspecified atom stereocenters. The van der Waals surface area contributed by atoms with Gasteiger partial charge >= 0.3 is 6.09 Å². The van der Waals surface area contributed by atoms with Gasteiger partial charge in [-0.25, -0.2) is 9.78 Å². The van der Waals surface area contributed by atoms with Gasteiger partial charge in [0, 0.05) is 22.8 Å². The number of carbonyl (C=O) groups excluding carboxylic acids is 1. The van der Waals surface area contributed by atoms with Gasteiger partial charge in [-0.1, -0.05) is 17.0 Å². The van der Waals surface area contributed by atoms with Crippen LogP contribution >= 0.6 is 11.3 Å². The minimum absolute atomic E-state index is 0.0366. The molecule has 0 saturated heterocycles. The number of aromatic nitrogens is 2. The van der Waals surface area contributed by atoms with E-state index in [2.05, 4.69) is 29.7 Å². The summed E-state index contributed by atoms with van der Waals surface area (Å²) in [5, 5.41) is 17.8. The first-order valence-corrected chi connectivity index (χ1v) is 11.9. The average molecular weight is 475 g/mol. The van der Waals surface area contributed by atoms with Crippen LogP contribution in [0.25, 0.3) is 10.4 Å². The van der Waals surface area contributed by atoms with Crippen molar-refractivity contribution in [3.63, 3.8) is 0 Å². The summed E-state index contributed by atoms with van der Waals surface area (Å²) < 4.78 is 20.3. The second-order valence-corrected chi connectivity index (χ2v) is 8.87. The summed E-state index contributed by atoms with van der Waals surface area (Å²) >= 11 is 1.60. The third-order valence-electron chi connectivity index (χ3n) is 4.29. The molecule has 1 amide bonds. The van der Waals surface area contributed by atoms with Gasteiger partial charge in [-0.3, -0.25) is 4.36 Å². The number of benzene rings is 1. The Hall–Kier alpha value is -3.02. The number of amides is 1. The van der Waals surface area contributed by atoms with Gasteiger partial charge in [-0.05, 0) is 49.9 Å². The SMILES string of the molecule is CCOC(=O)N=[S-](=O)c1ccc(Nc2ncc(-c3sccc3C)c(N[C@H](C)CO)n2)cc1. The average Bonchev–Trinajstić information content (AvgIpc) is 3.20. The normalized spacial score (nSPS) is 12.9. The number of ether oxygens (including phenoxy) is 1. The van der Waals surface area contributed by atoms with Crippen molar-refractivity contribution in [1.29, 1.82) is 0 Å². The molecular weight excluding hydrogens is 450 g/mol. The van der Waals surface area contributed by atoms with Crippen LogP contribution in [0, 0.1) is 6.92 Å². The third kappa shape index (κ3) is 6.02. The Bertz CT molecular complexity index is 1160. The van der Waals surface area contributed by atoms with Gasteiger partial charge in [0.25, 0.3) is 0 Å². The van der Waals surface area contributed by atoms with E-state index in [0.717, 1.165) is 16.0 Å². The minimum atomic E-state index is -1.84. The number of nitrogens with zero attached hydrogens (tertiary/aromatic N) is 3. The smallest absolute Gasteiger partial charge is 0.410 e. The fourth-order valence-electron chi connectivity index (χ4n) is 2.70. The van der Waals surface area contributed by atoms with E-state index in [1.54, 1.807) is 48.7 Å². The summed E-state index contributed by atoms with van der Waals surface area (Å²) in [7, 11) is -1.84. The van der Waals surface area contributed by atoms with Crippen molar-refractivity contribution in [2.45, 2.75) is 31.7 Å². The highest BCUT2D eigenvalue weighted by Crippen LogP contribution is 2.34. The zero-order valence-electron chi connectivity index (χ0n) is 17.9. The van der Waals surface area contributed by atoms with E-state index in [9.17, 15) is 14.1 Å². The maximum Gasteiger partial charge on any atom is 0.410 e. The second kappa shape index (κ2) is 11.0. The predicted octanol–water partition coefficient (Wildman–Crippen LogP) is 4.71. The largest absolute Gasteiger partial charge is 0.450 e. The van der Waals surface area contributed by atoms with Crippen molar-refractivity contribution in [3.05, 3.63) is 47.5 Å². The fourth-order valence-corrected chi connectivity index (χ4v) is 4.30. The van der Waals surface area contributed by atoms with Crippen LogP contribution in [0.15, 0.2) is 51.2 Å². The van der Waals surface area contributed by atoms with Crippen molar-refractivity contribution >= 4 is 45.5 Å². The molecule has 11 heteroatoms. The summed E-state index contributed by atoms with van der Waals surface area (Å²) in [4.78, 5) is 21.8. The highest BCUT2D eigenvalue weighted by molar-refractivity contribution is 7.75. The van der Waals surface area contributed by atoms with Gasteiger partial charge in [-0.2, -0.15) is 4.98 Å². The molecule has 2 aromatic heterocycles. The van der Waals surface area contributed by atoms with Crippen LogP contribution in [0.4, 0.5) is 22.2 Å². The van der Waals surface area contributed by atoms with Crippen LogP contribution < -0.4 is 10.6 Å². The number of nitrogens with one attached hydrogen (secondary N) is 2. The molecule has 0 bridgehead atoms. The van der Waals surface area contributed by atoms with Gasteiger partial charge in [0.05, 0.1) is 18.8 Å². The summed E-state index contributed by atoms with van der Waals surface area (Å²) in [5.41, 5.74) is 2.65. The quantitative estimate of drug-likeness (QED) is 0.401. The van der Waals surface area contributed by atoms with E-state index in [1.165, 1.54) is 0 Å². The molecule has 0 radical (unpaired) electrons. The first-order chi connectivity index (χ1) is 15.4. The molecule has 32 heavy (non-hydrogen) atoms. The Labute approximate surface area is 192 Å². The van der Waals surface area contributed by atoms with Gasteiger partial charge in [-0.15, -0.1) is 21.9 Å². The first-order valence-electron chi connectivity index (χ1n) is 9.87. The topological polar surface area (TPSA) is 126 Å². The van der Waals surface area contributed by atoms with Gasteiger partial charge in [0.1, 0.15) is 5.82 Å². The van der Waals surface area contributed by atoms with Crippen LogP contribution in [0.2, 0.25) is 0 Å². The Morgan fingerprint density at radius 2 is 2.06 bits per heavy atom. The number of aliphatic hydroxyl groups is 1. The molecule has 0 aliphatic carbocycles. The lowest BCUT2D eigenvalue weighted by atomic mass is 10.1. The zero-order valence-corrected chi connectivity index (χ0v) is 19.5. The number of carbonyl (C=O) groups is 1. The molecule has 0 saturated carbocycles. The second-order valence-electron chi connectivity index (χ2n) is 6.81. The Morgan fingerprint density at radius 1 is 1.31 bits per heavy atom. The van der Waals surface area contributed by atoms with Gasteiger partial charge in [0.2, 0.25) is 5.95 Å². The highest BCUT2D eigenvalue weighted by Gasteiger charge is 2.14. The standard InChI is InChI=1S/C21H24N5O4S2/c1-4-30-21(28)26-32(29)16-7-5-15(6-8-16)24-20-22-11-17(18-13(2)9-10-31-18)19(25-20)23-14(3)12-27/h5-11,14,27H,4,12H2,1-3H3,(H2,22,23,24,25)/q-1/t14-/m1/s1. The zero-order chi connectivity index (χ0) is 23.1. The van der Waals surface area contributed by atoms with Crippen molar-refractivity contribution in [2.75, 3.05) is 23.8 Å². The number of hydrogen-bond acceptors (Lipinski definition) is 10. The van der Waals surface area contributed by atoms with E-state index < -0.39 is 16.7 Å². The molecule has 0 aliphatic rings. The first kappa shape index (κ1) is 23.6. The van der Waals surface area contributed by atoms with Crippen LogP contribution in [-0.4, -0.2) is 40.4 Å². The van der Waals surface area contributed by atoms with E-state index in [1.807, 2.05) is 25.3 Å². The lowest BCUT2D eigenvalue weighted by molar-refractivity contribution is 0.164. The van der Waals surface area contributed by atoms with E-state index in [4.69, 9.17) is 0 Å². The predicted molar refractivity (Wildman–Crippen MR) is 126 cm³/mol. The maximum atomic E-state index is 12.1. The minimum Gasteiger partial charge on any atom is -0.450 e. The number of hydrogen-bond donors (Lipinski definition) is 3. The summed E-state index contributed by atoms with van der Waals surface area (Å²) in [6.45, 7) is 5.67. The molecule has 3 rings (SSSR count). The van der Waals surface area contributed by atoms with Crippen molar-refractivity contribution in [2.24, 2.45) is 4.36 Å². The Balaban J connectivity index is 1.83. The van der Waals surface area contributed by atoms with Crippen LogP contribution in [0.5, 0.6) is 0 Å². The monoisotopic (exact) mass is 474 g/mol. The molecule has 0 fully saturated rings. The number of aliphatic hydroxyl groups excluding tert-OH is 1. The molecule has 3 aromatic rings. The molecule has 9 nitrogen and oxygen atoms in total. The number of thiophene rings is 1. The summed E-state index contributed by atoms with van der Waals surface area (Å²) in [5.74, 6) is 0.973. The lowest BCUT2D eigenvalue weighted by Crippen LogP contribution is -2.21. The number of aryl methyl sites for hydroxylation is 1. The fraction of sp³-hybridized carbons (Fsp3) is 0.286. The summed E-state index contributed by atoms with van der Waals surface area (Å²) in [6.07, 6.45) is 0.877. The molecule has 3 N–H and O–H groups in total. The van der Waals surface area contributed by atoms with Crippen molar-refractivity contribution in [3.8, 4) is 10.4 Å². The van der Waals surface area contributed by atoms with Gasteiger partial charge < -0.3 is 24.7 Å². The molecular formula is C21H24N5O4S2-. The van der Waals surface area contributed by atoms with E-state index in [0.29, 0.717) is 22.3 Å².